The Kier molecular flexibility index (Phi) is 3.77. The molecular weight excluding hydrogens is 307 g/mol. The van der Waals surface area contributed by atoms with Crippen molar-refractivity contribution in [2.75, 3.05) is 19.1 Å². The van der Waals surface area contributed by atoms with Crippen LogP contribution in [-0.4, -0.2) is 29.1 Å². The van der Waals surface area contributed by atoms with Crippen molar-refractivity contribution < 1.29 is 9.13 Å². The van der Waals surface area contributed by atoms with Crippen LogP contribution in [0, 0.1) is 5.82 Å². The number of benzene rings is 1. The molecule has 7 heteroatoms. The van der Waals surface area contributed by atoms with Crippen LogP contribution in [-0.2, 0) is 0 Å². The van der Waals surface area contributed by atoms with Gasteiger partial charge in [0.05, 0.1) is 12.6 Å². The van der Waals surface area contributed by atoms with Gasteiger partial charge in [0.1, 0.15) is 5.52 Å². The van der Waals surface area contributed by atoms with Crippen LogP contribution in [0.1, 0.15) is 0 Å². The number of fused-ring (bicyclic) bond motifs is 1. The minimum Gasteiger partial charge on any atom is -0.494 e. The van der Waals surface area contributed by atoms with Crippen LogP contribution < -0.4 is 9.64 Å². The van der Waals surface area contributed by atoms with Gasteiger partial charge in [-0.25, -0.2) is 9.37 Å². The highest BCUT2D eigenvalue weighted by Gasteiger charge is 2.15. The Balaban J connectivity index is 2.12. The number of aromatic nitrogens is 3. The Morgan fingerprint density at radius 1 is 1.23 bits per heavy atom. The third-order valence-electron chi connectivity index (χ3n) is 3.25. The Hall–Kier alpha value is -2.47. The maximum atomic E-state index is 13.9. The van der Waals surface area contributed by atoms with Gasteiger partial charge in [0, 0.05) is 25.0 Å². The van der Waals surface area contributed by atoms with E-state index in [1.165, 1.54) is 13.2 Å². The molecule has 5 nitrogen and oxygen atoms in total. The zero-order valence-electron chi connectivity index (χ0n) is 11.9. The topological polar surface area (TPSA) is 51.1 Å². The summed E-state index contributed by atoms with van der Waals surface area (Å²) in [4.78, 5) is 14.3. The molecule has 0 saturated carbocycles. The molecule has 0 bridgehead atoms. The molecule has 2 heterocycles. The molecule has 22 heavy (non-hydrogen) atoms. The summed E-state index contributed by atoms with van der Waals surface area (Å²) in [6.07, 6.45) is 1.64. The Morgan fingerprint density at radius 2 is 2.05 bits per heavy atom. The van der Waals surface area contributed by atoms with Gasteiger partial charge < -0.3 is 9.64 Å². The fraction of sp³-hybridized carbons (Fsp3) is 0.133. The first-order valence-corrected chi connectivity index (χ1v) is 6.83. The normalized spacial score (nSPS) is 10.7. The van der Waals surface area contributed by atoms with Gasteiger partial charge in [0.25, 0.3) is 0 Å². The lowest BCUT2D eigenvalue weighted by Crippen LogP contribution is -2.13. The van der Waals surface area contributed by atoms with Gasteiger partial charge in [-0.05, 0) is 35.9 Å². The van der Waals surface area contributed by atoms with E-state index >= 15 is 0 Å². The molecule has 0 atom stereocenters. The zero-order valence-corrected chi connectivity index (χ0v) is 12.7. The summed E-state index contributed by atoms with van der Waals surface area (Å²) in [5, 5.41) is 0.108. The van der Waals surface area contributed by atoms with E-state index in [-0.39, 0.29) is 11.0 Å². The van der Waals surface area contributed by atoms with Crippen LogP contribution in [0.15, 0.2) is 36.5 Å². The Labute approximate surface area is 131 Å². The first-order valence-electron chi connectivity index (χ1n) is 6.45. The number of ether oxygens (including phenoxy) is 1. The van der Waals surface area contributed by atoms with Gasteiger partial charge >= 0.3 is 0 Å². The second-order valence-corrected chi connectivity index (χ2v) is 4.90. The van der Waals surface area contributed by atoms with Crippen molar-refractivity contribution in [2.45, 2.75) is 0 Å². The molecule has 0 N–H and O–H groups in total. The number of rotatable bonds is 3. The highest BCUT2D eigenvalue weighted by molar-refractivity contribution is 6.28. The van der Waals surface area contributed by atoms with Crippen LogP contribution in [0.25, 0.3) is 11.0 Å². The largest absolute Gasteiger partial charge is 0.494 e. The smallest absolute Gasteiger partial charge is 0.225 e. The molecule has 0 saturated heterocycles. The van der Waals surface area contributed by atoms with Gasteiger partial charge in [-0.2, -0.15) is 4.98 Å². The van der Waals surface area contributed by atoms with Crippen LogP contribution in [0.4, 0.5) is 15.9 Å². The van der Waals surface area contributed by atoms with Gasteiger partial charge in [0.2, 0.25) is 5.28 Å². The zero-order chi connectivity index (χ0) is 15.7. The van der Waals surface area contributed by atoms with Gasteiger partial charge in [-0.3, -0.25) is 4.98 Å². The summed E-state index contributed by atoms with van der Waals surface area (Å²) in [6, 6.07) is 8.21. The summed E-state index contributed by atoms with van der Waals surface area (Å²) in [6.45, 7) is 0. The van der Waals surface area contributed by atoms with E-state index in [4.69, 9.17) is 16.3 Å². The van der Waals surface area contributed by atoms with Gasteiger partial charge in [0.15, 0.2) is 17.4 Å². The van der Waals surface area contributed by atoms with E-state index in [1.54, 1.807) is 42.4 Å². The molecule has 0 radical (unpaired) electrons. The van der Waals surface area contributed by atoms with Crippen molar-refractivity contribution in [3.8, 4) is 5.75 Å². The molecular formula is C15H12ClFN4O. The van der Waals surface area contributed by atoms with Crippen molar-refractivity contribution >= 4 is 34.1 Å². The summed E-state index contributed by atoms with van der Waals surface area (Å²) in [5.74, 6) is 0.227. The molecule has 3 rings (SSSR count). The third-order valence-corrected chi connectivity index (χ3v) is 3.42. The number of pyridine rings is 1. The molecule has 0 amide bonds. The Bertz CT molecular complexity index is 843. The number of halogens is 2. The van der Waals surface area contributed by atoms with E-state index in [1.807, 2.05) is 0 Å². The van der Waals surface area contributed by atoms with Gasteiger partial charge in [-0.15, -0.1) is 0 Å². The number of methoxy groups -OCH3 is 1. The predicted molar refractivity (Wildman–Crippen MR) is 83.4 cm³/mol. The molecule has 0 unspecified atom stereocenters. The average Bonchev–Trinajstić information content (AvgIpc) is 2.53. The van der Waals surface area contributed by atoms with Crippen LogP contribution in [0.3, 0.4) is 0 Å². The molecule has 1 aromatic carbocycles. The monoisotopic (exact) mass is 318 g/mol. The second kappa shape index (κ2) is 5.73. The van der Waals surface area contributed by atoms with E-state index in [0.29, 0.717) is 22.5 Å². The average molecular weight is 319 g/mol. The number of nitrogens with zero attached hydrogens (tertiary/aromatic N) is 4. The van der Waals surface area contributed by atoms with Crippen molar-refractivity contribution in [1.82, 2.24) is 15.0 Å². The summed E-state index contributed by atoms with van der Waals surface area (Å²) >= 11 is 5.96. The fourth-order valence-electron chi connectivity index (χ4n) is 2.14. The van der Waals surface area contributed by atoms with Crippen molar-refractivity contribution in [3.63, 3.8) is 0 Å². The van der Waals surface area contributed by atoms with E-state index < -0.39 is 5.82 Å². The molecule has 0 aliphatic heterocycles. The molecule has 112 valence electrons. The van der Waals surface area contributed by atoms with Crippen molar-refractivity contribution in [3.05, 3.63) is 47.6 Å². The summed E-state index contributed by atoms with van der Waals surface area (Å²) in [5.41, 5.74) is 1.81. The maximum Gasteiger partial charge on any atom is 0.225 e. The Morgan fingerprint density at radius 3 is 2.77 bits per heavy atom. The number of anilines is 2. The van der Waals surface area contributed by atoms with Crippen molar-refractivity contribution in [2.24, 2.45) is 0 Å². The number of hydrogen-bond acceptors (Lipinski definition) is 5. The van der Waals surface area contributed by atoms with Crippen LogP contribution in [0.5, 0.6) is 5.75 Å². The lowest BCUT2D eigenvalue weighted by Gasteiger charge is -2.20. The van der Waals surface area contributed by atoms with Crippen molar-refractivity contribution in [1.29, 1.82) is 0 Å². The standard InChI is InChI=1S/C15H12ClFN4O/c1-21(9-5-6-12(22-2)10(17)8-9)14-13-11(4-3-7-18-13)19-15(16)20-14/h3-8H,1-2H3. The predicted octanol–water partition coefficient (Wildman–Crippen LogP) is 3.59. The molecule has 0 fully saturated rings. The van der Waals surface area contributed by atoms with Gasteiger partial charge in [-0.1, -0.05) is 0 Å². The highest BCUT2D eigenvalue weighted by Crippen LogP contribution is 2.30. The van der Waals surface area contributed by atoms with Crippen LogP contribution in [0.2, 0.25) is 5.28 Å². The fourth-order valence-corrected chi connectivity index (χ4v) is 2.32. The minimum absolute atomic E-state index is 0.108. The summed E-state index contributed by atoms with van der Waals surface area (Å²) in [7, 11) is 3.18. The molecule has 2 aromatic heterocycles. The highest BCUT2D eigenvalue weighted by atomic mass is 35.5. The SMILES string of the molecule is COc1ccc(N(C)c2nc(Cl)nc3cccnc23)cc1F. The molecule has 0 aliphatic rings. The molecule has 0 aliphatic carbocycles. The van der Waals surface area contributed by atoms with E-state index in [2.05, 4.69) is 15.0 Å². The number of hydrogen-bond donors (Lipinski definition) is 0. The molecule has 3 aromatic rings. The third kappa shape index (κ3) is 2.53. The minimum atomic E-state index is -0.454. The van der Waals surface area contributed by atoms with E-state index in [9.17, 15) is 4.39 Å². The first kappa shape index (κ1) is 14.5. The van der Waals surface area contributed by atoms with E-state index in [0.717, 1.165) is 0 Å². The first-order chi connectivity index (χ1) is 10.6. The quantitative estimate of drug-likeness (QED) is 0.691. The van der Waals surface area contributed by atoms with Crippen LogP contribution >= 0.6 is 11.6 Å². The maximum absolute atomic E-state index is 13.9. The lowest BCUT2D eigenvalue weighted by atomic mass is 10.2. The molecule has 0 spiro atoms. The summed E-state index contributed by atoms with van der Waals surface area (Å²) < 4.78 is 18.8. The lowest BCUT2D eigenvalue weighted by molar-refractivity contribution is 0.386. The second-order valence-electron chi connectivity index (χ2n) is 4.57.